The Kier molecular flexibility index (Phi) is 6.01. The minimum atomic E-state index is -1.69. The van der Waals surface area contributed by atoms with E-state index in [1.165, 1.54) is 5.57 Å². The lowest BCUT2D eigenvalue weighted by molar-refractivity contribution is -0.225. The highest BCUT2D eigenvalue weighted by atomic mass is 28.4. The Balaban J connectivity index is 2.39. The van der Waals surface area contributed by atoms with Gasteiger partial charge in [0.1, 0.15) is 0 Å². The van der Waals surface area contributed by atoms with Crippen LogP contribution in [-0.4, -0.2) is 33.9 Å². The Morgan fingerprint density at radius 2 is 1.81 bits per heavy atom. The molecule has 0 atom stereocenters. The van der Waals surface area contributed by atoms with Gasteiger partial charge in [0, 0.05) is 0 Å². The van der Waals surface area contributed by atoms with Crippen LogP contribution in [0.5, 0.6) is 0 Å². The van der Waals surface area contributed by atoms with Crippen LogP contribution in [0.4, 0.5) is 0 Å². The van der Waals surface area contributed by atoms with Gasteiger partial charge in [-0.3, -0.25) is 0 Å². The summed E-state index contributed by atoms with van der Waals surface area (Å²) in [6.07, 6.45) is 2.99. The fourth-order valence-electron chi connectivity index (χ4n) is 1.58. The van der Waals surface area contributed by atoms with Gasteiger partial charge >= 0.3 is 0 Å². The molecule has 0 radical (unpaired) electrons. The van der Waals surface area contributed by atoms with Gasteiger partial charge in [-0.2, -0.15) is 0 Å². The van der Waals surface area contributed by atoms with Crippen molar-refractivity contribution in [1.29, 1.82) is 0 Å². The molecule has 1 fully saturated rings. The van der Waals surface area contributed by atoms with Crippen molar-refractivity contribution in [3.05, 3.63) is 23.8 Å². The maximum Gasteiger partial charge on any atom is 0.192 e. The van der Waals surface area contributed by atoms with Crippen molar-refractivity contribution in [2.75, 3.05) is 19.8 Å². The molecule has 1 aliphatic rings. The predicted octanol–water partition coefficient (Wildman–Crippen LogP) is 4.66. The van der Waals surface area contributed by atoms with Gasteiger partial charge in [-0.15, -0.1) is 0 Å². The summed E-state index contributed by atoms with van der Waals surface area (Å²) in [5, 5.41) is 0.238. The zero-order valence-corrected chi connectivity index (χ0v) is 15.8. The van der Waals surface area contributed by atoms with Crippen molar-refractivity contribution in [3.63, 3.8) is 0 Å². The lowest BCUT2D eigenvalue weighted by atomic mass is 10.1. The highest BCUT2D eigenvalue weighted by Crippen LogP contribution is 2.36. The normalized spacial score (nSPS) is 19.5. The maximum absolute atomic E-state index is 6.18. The molecule has 3 nitrogen and oxygen atoms in total. The third-order valence-electron chi connectivity index (χ3n) is 4.33. The quantitative estimate of drug-likeness (QED) is 0.545. The summed E-state index contributed by atoms with van der Waals surface area (Å²) < 4.78 is 17.4. The first kappa shape index (κ1) is 18.6. The maximum atomic E-state index is 6.18. The minimum Gasteiger partial charge on any atom is -0.413 e. The standard InChI is InChI=1S/C17H32O3Si/c1-14(11-20-21(7,8)16(2,3)4)9-10-15-12-18-17(5,6)19-13-15/h10H,1,9,11-13H2,2-8H3. The molecule has 0 aromatic rings. The van der Waals surface area contributed by atoms with Crippen molar-refractivity contribution in [2.24, 2.45) is 0 Å². The SMILES string of the molecule is C=C(CC=C1COC(C)(C)OC1)CO[Si](C)(C)C(C)(C)C. The third-order valence-corrected chi connectivity index (χ3v) is 8.81. The smallest absolute Gasteiger partial charge is 0.192 e. The number of hydrogen-bond donors (Lipinski definition) is 0. The predicted molar refractivity (Wildman–Crippen MR) is 91.0 cm³/mol. The van der Waals surface area contributed by atoms with Gasteiger partial charge in [-0.1, -0.05) is 33.4 Å². The lowest BCUT2D eigenvalue weighted by Crippen LogP contribution is -2.41. The molecular weight excluding hydrogens is 280 g/mol. The van der Waals surface area contributed by atoms with E-state index in [2.05, 4.69) is 46.5 Å². The van der Waals surface area contributed by atoms with Gasteiger partial charge in [0.05, 0.1) is 19.8 Å². The third kappa shape index (κ3) is 6.07. The van der Waals surface area contributed by atoms with E-state index in [0.29, 0.717) is 19.8 Å². The van der Waals surface area contributed by atoms with Gasteiger partial charge in [0.25, 0.3) is 0 Å². The summed E-state index contributed by atoms with van der Waals surface area (Å²) in [6.45, 7) is 21.2. The number of ether oxygens (including phenoxy) is 2. The molecule has 0 aromatic carbocycles. The minimum absolute atomic E-state index is 0.238. The molecule has 0 amide bonds. The second-order valence-corrected chi connectivity index (χ2v) is 12.7. The molecule has 122 valence electrons. The molecule has 4 heteroatoms. The highest BCUT2D eigenvalue weighted by Gasteiger charge is 2.37. The van der Waals surface area contributed by atoms with E-state index in [1.807, 2.05) is 13.8 Å². The average Bonchev–Trinajstić information content (AvgIpc) is 2.34. The van der Waals surface area contributed by atoms with Crippen LogP contribution in [0.15, 0.2) is 23.8 Å². The van der Waals surface area contributed by atoms with Crippen LogP contribution in [0, 0.1) is 0 Å². The Labute approximate surface area is 131 Å². The van der Waals surface area contributed by atoms with E-state index in [0.717, 1.165) is 12.0 Å². The zero-order valence-electron chi connectivity index (χ0n) is 14.8. The fourth-order valence-corrected chi connectivity index (χ4v) is 2.58. The molecule has 0 N–H and O–H groups in total. The number of rotatable bonds is 5. The van der Waals surface area contributed by atoms with Crippen LogP contribution in [0.1, 0.15) is 41.0 Å². The summed E-state index contributed by atoms with van der Waals surface area (Å²) in [7, 11) is -1.69. The average molecular weight is 313 g/mol. The van der Waals surface area contributed by atoms with Crippen LogP contribution in [0.3, 0.4) is 0 Å². The Morgan fingerprint density at radius 1 is 1.29 bits per heavy atom. The van der Waals surface area contributed by atoms with E-state index in [4.69, 9.17) is 13.9 Å². The summed E-state index contributed by atoms with van der Waals surface area (Å²) >= 11 is 0. The Morgan fingerprint density at radius 3 is 2.29 bits per heavy atom. The van der Waals surface area contributed by atoms with E-state index in [9.17, 15) is 0 Å². The molecule has 1 rings (SSSR count). The molecule has 1 aliphatic heterocycles. The van der Waals surface area contributed by atoms with Gasteiger partial charge < -0.3 is 13.9 Å². The van der Waals surface area contributed by atoms with Gasteiger partial charge in [-0.05, 0) is 49.5 Å². The Hall–Kier alpha value is -0.423. The summed E-state index contributed by atoms with van der Waals surface area (Å²) in [5.74, 6) is -0.459. The van der Waals surface area contributed by atoms with Crippen molar-refractivity contribution >= 4 is 8.32 Å². The molecule has 1 heterocycles. The van der Waals surface area contributed by atoms with Crippen LogP contribution < -0.4 is 0 Å². The monoisotopic (exact) mass is 312 g/mol. The van der Waals surface area contributed by atoms with E-state index >= 15 is 0 Å². The van der Waals surface area contributed by atoms with Crippen LogP contribution in [-0.2, 0) is 13.9 Å². The van der Waals surface area contributed by atoms with Crippen LogP contribution in [0.25, 0.3) is 0 Å². The van der Waals surface area contributed by atoms with Crippen molar-refractivity contribution < 1.29 is 13.9 Å². The number of hydrogen-bond acceptors (Lipinski definition) is 3. The molecule has 0 aliphatic carbocycles. The zero-order chi connectivity index (χ0) is 16.3. The first-order valence-electron chi connectivity index (χ1n) is 7.69. The van der Waals surface area contributed by atoms with Gasteiger partial charge in [-0.25, -0.2) is 0 Å². The Bertz CT molecular complexity index is 391. The molecule has 0 aromatic heterocycles. The molecule has 0 unspecified atom stereocenters. The topological polar surface area (TPSA) is 27.7 Å². The van der Waals surface area contributed by atoms with Gasteiger partial charge in [0.15, 0.2) is 14.1 Å². The summed E-state index contributed by atoms with van der Waals surface area (Å²) in [4.78, 5) is 0. The second-order valence-electron chi connectivity index (χ2n) is 7.84. The first-order valence-corrected chi connectivity index (χ1v) is 10.6. The van der Waals surface area contributed by atoms with Crippen molar-refractivity contribution in [1.82, 2.24) is 0 Å². The van der Waals surface area contributed by atoms with E-state index < -0.39 is 14.1 Å². The van der Waals surface area contributed by atoms with Crippen LogP contribution in [0.2, 0.25) is 18.1 Å². The molecule has 0 spiro atoms. The summed E-state index contributed by atoms with van der Waals surface area (Å²) in [6, 6.07) is 0. The summed E-state index contributed by atoms with van der Waals surface area (Å²) in [5.41, 5.74) is 2.29. The first-order chi connectivity index (χ1) is 9.43. The second kappa shape index (κ2) is 6.78. The lowest BCUT2D eigenvalue weighted by Gasteiger charge is -2.36. The molecule has 21 heavy (non-hydrogen) atoms. The van der Waals surface area contributed by atoms with Gasteiger partial charge in [0.2, 0.25) is 0 Å². The van der Waals surface area contributed by atoms with Crippen LogP contribution >= 0.6 is 0 Å². The molecule has 1 saturated heterocycles. The van der Waals surface area contributed by atoms with E-state index in [1.54, 1.807) is 0 Å². The highest BCUT2D eigenvalue weighted by molar-refractivity contribution is 6.74. The van der Waals surface area contributed by atoms with E-state index in [-0.39, 0.29) is 5.04 Å². The molecular formula is C17H32O3Si. The molecule has 0 saturated carbocycles. The largest absolute Gasteiger partial charge is 0.413 e. The fraction of sp³-hybridized carbons (Fsp3) is 0.765. The van der Waals surface area contributed by atoms with Crippen molar-refractivity contribution in [3.8, 4) is 0 Å². The number of allylic oxidation sites excluding steroid dienone is 1. The van der Waals surface area contributed by atoms with Crippen molar-refractivity contribution in [2.45, 2.75) is 65.0 Å². The molecule has 0 bridgehead atoms.